The van der Waals surface area contributed by atoms with E-state index in [4.69, 9.17) is 25.8 Å². The third-order valence-corrected chi connectivity index (χ3v) is 5.96. The minimum absolute atomic E-state index is 0.423. The van der Waals surface area contributed by atoms with Crippen LogP contribution in [0.3, 0.4) is 0 Å². The van der Waals surface area contributed by atoms with Crippen LogP contribution < -0.4 is 9.54 Å². The number of hydrogen-bond acceptors (Lipinski definition) is 6. The zero-order valence-corrected chi connectivity index (χ0v) is 20.0. The molecule has 0 spiro atoms. The number of esters is 1. The van der Waals surface area contributed by atoms with E-state index >= 15 is 0 Å². The van der Waals surface area contributed by atoms with Crippen LogP contribution in [0.2, 0.25) is 5.02 Å². The average Bonchev–Trinajstić information content (AvgIpc) is 3.11. The van der Waals surface area contributed by atoms with Crippen LogP contribution in [0, 0.1) is 0 Å². The molecule has 9 heteroatoms. The Kier molecular flexibility index (Phi) is 7.71. The van der Waals surface area contributed by atoms with Crippen molar-refractivity contribution < 1.29 is 23.8 Å². The number of ether oxygens (including phenoxy) is 3. The SMILES string of the molecule is CCOCCn1c(=NC(=O)C(C)(C)Oc2ccc(Cl)cc2)sc2cc(C(=O)OC)ccc21. The molecular weight excluding hydrogens is 452 g/mol. The van der Waals surface area contributed by atoms with Crippen LogP contribution in [-0.2, 0) is 20.8 Å². The van der Waals surface area contributed by atoms with Crippen molar-refractivity contribution in [2.45, 2.75) is 32.9 Å². The molecule has 0 saturated heterocycles. The molecule has 0 aliphatic carbocycles. The lowest BCUT2D eigenvalue weighted by molar-refractivity contribution is -0.130. The van der Waals surface area contributed by atoms with Crippen LogP contribution in [0.25, 0.3) is 10.2 Å². The summed E-state index contributed by atoms with van der Waals surface area (Å²) in [6.45, 7) is 6.82. The van der Waals surface area contributed by atoms with E-state index in [1.54, 1.807) is 50.2 Å². The zero-order valence-electron chi connectivity index (χ0n) is 18.4. The largest absolute Gasteiger partial charge is 0.478 e. The van der Waals surface area contributed by atoms with Gasteiger partial charge in [-0.15, -0.1) is 0 Å². The number of rotatable bonds is 8. The van der Waals surface area contributed by atoms with Crippen molar-refractivity contribution >= 4 is 45.0 Å². The van der Waals surface area contributed by atoms with Gasteiger partial charge < -0.3 is 18.8 Å². The van der Waals surface area contributed by atoms with E-state index in [0.717, 1.165) is 10.2 Å². The second-order valence-electron chi connectivity index (χ2n) is 7.39. The molecule has 1 aromatic heterocycles. The lowest BCUT2D eigenvalue weighted by atomic mass is 10.1. The Morgan fingerprint density at radius 1 is 1.16 bits per heavy atom. The number of halogens is 1. The van der Waals surface area contributed by atoms with Crippen molar-refractivity contribution in [3.8, 4) is 5.75 Å². The molecule has 0 aliphatic rings. The standard InChI is InChI=1S/C23H25ClN2O5S/c1-5-30-13-12-26-18-11-6-15(20(27)29-4)14-19(18)32-22(26)25-21(28)23(2,3)31-17-9-7-16(24)8-10-17/h6-11,14H,5,12-13H2,1-4H3. The molecule has 0 bridgehead atoms. The van der Waals surface area contributed by atoms with Crippen LogP contribution in [0.5, 0.6) is 5.75 Å². The molecule has 0 N–H and O–H groups in total. The second-order valence-corrected chi connectivity index (χ2v) is 8.84. The zero-order chi connectivity index (χ0) is 23.3. The van der Waals surface area contributed by atoms with E-state index in [-0.39, 0.29) is 0 Å². The van der Waals surface area contributed by atoms with Crippen molar-refractivity contribution in [2.24, 2.45) is 4.99 Å². The first-order chi connectivity index (χ1) is 15.2. The van der Waals surface area contributed by atoms with Gasteiger partial charge in [0.15, 0.2) is 10.4 Å². The number of benzene rings is 2. The fourth-order valence-electron chi connectivity index (χ4n) is 2.98. The highest BCUT2D eigenvalue weighted by molar-refractivity contribution is 7.16. The Balaban J connectivity index is 1.99. The highest BCUT2D eigenvalue weighted by atomic mass is 35.5. The van der Waals surface area contributed by atoms with Crippen LogP contribution in [0.15, 0.2) is 47.5 Å². The van der Waals surface area contributed by atoms with Gasteiger partial charge in [0.25, 0.3) is 5.91 Å². The monoisotopic (exact) mass is 476 g/mol. The molecule has 0 saturated carbocycles. The molecule has 170 valence electrons. The first-order valence-corrected chi connectivity index (χ1v) is 11.3. The van der Waals surface area contributed by atoms with Crippen molar-refractivity contribution in [2.75, 3.05) is 20.3 Å². The normalized spacial score (nSPS) is 12.2. The summed E-state index contributed by atoms with van der Waals surface area (Å²) in [4.78, 5) is 29.8. The van der Waals surface area contributed by atoms with Crippen LogP contribution >= 0.6 is 22.9 Å². The fraction of sp³-hybridized carbons (Fsp3) is 0.348. The van der Waals surface area contributed by atoms with Crippen LogP contribution in [0.4, 0.5) is 0 Å². The van der Waals surface area contributed by atoms with Gasteiger partial charge in [-0.3, -0.25) is 4.79 Å². The van der Waals surface area contributed by atoms with Gasteiger partial charge in [-0.05, 0) is 63.2 Å². The quantitative estimate of drug-likeness (QED) is 0.354. The number of hydrogen-bond donors (Lipinski definition) is 0. The van der Waals surface area contributed by atoms with Gasteiger partial charge in [-0.1, -0.05) is 22.9 Å². The Morgan fingerprint density at radius 3 is 2.53 bits per heavy atom. The third-order valence-electron chi connectivity index (χ3n) is 4.67. The number of thiazole rings is 1. The minimum Gasteiger partial charge on any atom is -0.478 e. The molecule has 0 atom stereocenters. The maximum atomic E-state index is 13.1. The van der Waals surface area contributed by atoms with Crippen molar-refractivity contribution in [3.05, 3.63) is 57.9 Å². The Hall–Kier alpha value is -2.68. The Labute approximate surface area is 195 Å². The molecule has 0 aliphatic heterocycles. The summed E-state index contributed by atoms with van der Waals surface area (Å²) < 4.78 is 18.9. The number of carbonyl (C=O) groups is 2. The van der Waals surface area contributed by atoms with Crippen molar-refractivity contribution in [1.29, 1.82) is 0 Å². The minimum atomic E-state index is -1.20. The summed E-state index contributed by atoms with van der Waals surface area (Å²) in [5, 5.41) is 0.582. The molecule has 2 aromatic carbocycles. The van der Waals surface area contributed by atoms with E-state index in [9.17, 15) is 9.59 Å². The average molecular weight is 477 g/mol. The summed E-state index contributed by atoms with van der Waals surface area (Å²) in [7, 11) is 1.34. The Morgan fingerprint density at radius 2 is 1.88 bits per heavy atom. The molecule has 3 rings (SSSR count). The van der Waals surface area contributed by atoms with Crippen LogP contribution in [0.1, 0.15) is 31.1 Å². The molecule has 1 heterocycles. The van der Waals surface area contributed by atoms with E-state index in [1.807, 2.05) is 17.6 Å². The number of carbonyl (C=O) groups excluding carboxylic acids is 2. The van der Waals surface area contributed by atoms with Gasteiger partial charge in [0.1, 0.15) is 5.75 Å². The van der Waals surface area contributed by atoms with Crippen molar-refractivity contribution in [1.82, 2.24) is 4.57 Å². The van der Waals surface area contributed by atoms with E-state index < -0.39 is 17.5 Å². The molecule has 32 heavy (non-hydrogen) atoms. The van der Waals surface area contributed by atoms with Gasteiger partial charge in [0, 0.05) is 18.2 Å². The maximum Gasteiger partial charge on any atom is 0.337 e. The number of amides is 1. The summed E-state index contributed by atoms with van der Waals surface area (Å²) >= 11 is 7.24. The first kappa shape index (κ1) is 24.0. The Bertz CT molecular complexity index is 1180. The number of fused-ring (bicyclic) bond motifs is 1. The molecular formula is C23H25ClN2O5S. The maximum absolute atomic E-state index is 13.1. The summed E-state index contributed by atoms with van der Waals surface area (Å²) in [5.74, 6) is -0.336. The predicted octanol–water partition coefficient (Wildman–Crippen LogP) is 4.46. The smallest absolute Gasteiger partial charge is 0.337 e. The second kappa shape index (κ2) is 10.3. The van der Waals surface area contributed by atoms with Crippen molar-refractivity contribution in [3.63, 3.8) is 0 Å². The van der Waals surface area contributed by atoms with Gasteiger partial charge in [-0.2, -0.15) is 4.99 Å². The number of methoxy groups -OCH3 is 1. The highest BCUT2D eigenvalue weighted by Crippen LogP contribution is 2.23. The summed E-state index contributed by atoms with van der Waals surface area (Å²) in [6, 6.07) is 12.0. The topological polar surface area (TPSA) is 79.1 Å². The molecule has 0 fully saturated rings. The van der Waals surface area contributed by atoms with Gasteiger partial charge in [0.05, 0.1) is 29.5 Å². The molecule has 3 aromatic rings. The molecule has 0 radical (unpaired) electrons. The van der Waals surface area contributed by atoms with Gasteiger partial charge >= 0.3 is 5.97 Å². The summed E-state index contributed by atoms with van der Waals surface area (Å²) in [5.41, 5.74) is 0.0895. The van der Waals surface area contributed by atoms with Gasteiger partial charge in [0.2, 0.25) is 0 Å². The lowest BCUT2D eigenvalue weighted by Gasteiger charge is -2.22. The number of aromatic nitrogens is 1. The predicted molar refractivity (Wildman–Crippen MR) is 124 cm³/mol. The highest BCUT2D eigenvalue weighted by Gasteiger charge is 2.30. The van der Waals surface area contributed by atoms with E-state index in [0.29, 0.717) is 40.9 Å². The van der Waals surface area contributed by atoms with Gasteiger partial charge in [-0.25, -0.2) is 4.79 Å². The molecule has 0 unspecified atom stereocenters. The first-order valence-electron chi connectivity index (χ1n) is 10.1. The van der Waals surface area contributed by atoms with E-state index in [1.165, 1.54) is 18.4 Å². The molecule has 7 nitrogen and oxygen atoms in total. The number of nitrogens with zero attached hydrogens (tertiary/aromatic N) is 2. The third kappa shape index (κ3) is 5.56. The fourth-order valence-corrected chi connectivity index (χ4v) is 4.20. The van der Waals surface area contributed by atoms with E-state index in [2.05, 4.69) is 4.99 Å². The lowest BCUT2D eigenvalue weighted by Crippen LogP contribution is -2.38. The molecule has 1 amide bonds. The van der Waals surface area contributed by atoms with Crippen LogP contribution in [-0.4, -0.2) is 42.4 Å². The summed E-state index contributed by atoms with van der Waals surface area (Å²) in [6.07, 6.45) is 0.